The van der Waals surface area contributed by atoms with Crippen LogP contribution >= 0.6 is 31.9 Å². The number of nitrogens with zero attached hydrogens (tertiary/aromatic N) is 1. The molecule has 0 bridgehead atoms. The van der Waals surface area contributed by atoms with Crippen molar-refractivity contribution in [1.29, 1.82) is 0 Å². The Labute approximate surface area is 135 Å². The molecule has 1 heterocycles. The van der Waals surface area contributed by atoms with Gasteiger partial charge < -0.3 is 4.90 Å². The molecule has 1 fully saturated rings. The minimum Gasteiger partial charge on any atom is -0.335 e. The maximum absolute atomic E-state index is 12.4. The number of amides is 1. The van der Waals surface area contributed by atoms with E-state index in [2.05, 4.69) is 31.9 Å². The summed E-state index contributed by atoms with van der Waals surface area (Å²) in [6.07, 6.45) is 0. The van der Waals surface area contributed by atoms with Crippen LogP contribution in [0.5, 0.6) is 0 Å². The number of halogens is 2. The van der Waals surface area contributed by atoms with Crippen LogP contribution in [0.4, 0.5) is 0 Å². The third-order valence-corrected chi connectivity index (χ3v) is 5.13. The highest BCUT2D eigenvalue weighted by Gasteiger charge is 2.51. The minimum atomic E-state index is -0.553. The monoisotopic (exact) mass is 393 g/mol. The third-order valence-electron chi connectivity index (χ3n) is 3.55. The molecule has 1 unspecified atom stereocenters. The van der Waals surface area contributed by atoms with E-state index in [1.807, 2.05) is 59.5 Å². The topological polar surface area (TPSA) is 20.3 Å². The van der Waals surface area contributed by atoms with Gasteiger partial charge in [0.25, 0.3) is 0 Å². The molecule has 0 spiro atoms. The van der Waals surface area contributed by atoms with Crippen molar-refractivity contribution >= 4 is 37.8 Å². The SMILES string of the molecule is O=C1N(Cc2ccccc2)CC1(Br)c1ccc(Br)cc1. The van der Waals surface area contributed by atoms with E-state index < -0.39 is 4.32 Å². The fourth-order valence-electron chi connectivity index (χ4n) is 2.42. The van der Waals surface area contributed by atoms with Crippen LogP contribution < -0.4 is 0 Å². The fraction of sp³-hybridized carbons (Fsp3) is 0.188. The van der Waals surface area contributed by atoms with Crippen LogP contribution in [0.25, 0.3) is 0 Å². The van der Waals surface area contributed by atoms with Gasteiger partial charge in [0.1, 0.15) is 4.32 Å². The quantitative estimate of drug-likeness (QED) is 0.567. The lowest BCUT2D eigenvalue weighted by Gasteiger charge is -2.45. The molecule has 2 aromatic rings. The molecule has 2 aromatic carbocycles. The standard InChI is InChI=1S/C16H13Br2NO/c17-14-8-6-13(7-9-14)16(18)11-19(15(16)20)10-12-4-2-1-3-5-12/h1-9H,10-11H2. The van der Waals surface area contributed by atoms with Crippen LogP contribution in [0.1, 0.15) is 11.1 Å². The Kier molecular flexibility index (Phi) is 3.69. The number of hydrogen-bond donors (Lipinski definition) is 0. The Morgan fingerprint density at radius 1 is 1.05 bits per heavy atom. The molecule has 1 aliphatic rings. The molecule has 0 aliphatic carbocycles. The molecule has 0 saturated carbocycles. The fourth-order valence-corrected chi connectivity index (χ4v) is 3.50. The summed E-state index contributed by atoms with van der Waals surface area (Å²) >= 11 is 7.03. The molecule has 4 heteroatoms. The van der Waals surface area contributed by atoms with E-state index in [0.717, 1.165) is 15.6 Å². The molecule has 0 aromatic heterocycles. The average molecular weight is 395 g/mol. The summed E-state index contributed by atoms with van der Waals surface area (Å²) in [5.74, 6) is 0.128. The summed E-state index contributed by atoms with van der Waals surface area (Å²) in [6, 6.07) is 18.0. The summed E-state index contributed by atoms with van der Waals surface area (Å²) in [6.45, 7) is 1.37. The molecule has 1 aliphatic heterocycles. The van der Waals surface area contributed by atoms with Gasteiger partial charge in [-0.25, -0.2) is 0 Å². The van der Waals surface area contributed by atoms with Crippen molar-refractivity contribution in [3.63, 3.8) is 0 Å². The molecule has 20 heavy (non-hydrogen) atoms. The summed E-state index contributed by atoms with van der Waals surface area (Å²) in [5, 5.41) is 0. The van der Waals surface area contributed by atoms with E-state index in [-0.39, 0.29) is 5.91 Å². The van der Waals surface area contributed by atoms with Gasteiger partial charge in [-0.1, -0.05) is 74.3 Å². The number of benzene rings is 2. The van der Waals surface area contributed by atoms with Crippen LogP contribution in [-0.2, 0) is 15.7 Å². The number of alkyl halides is 1. The summed E-state index contributed by atoms with van der Waals surface area (Å²) in [4.78, 5) is 14.3. The molecule has 1 saturated heterocycles. The second-order valence-electron chi connectivity index (χ2n) is 4.95. The van der Waals surface area contributed by atoms with Gasteiger partial charge in [-0.3, -0.25) is 4.79 Å². The highest BCUT2D eigenvalue weighted by molar-refractivity contribution is 9.10. The number of hydrogen-bond acceptors (Lipinski definition) is 1. The van der Waals surface area contributed by atoms with Gasteiger partial charge in [-0.15, -0.1) is 0 Å². The van der Waals surface area contributed by atoms with E-state index in [9.17, 15) is 4.79 Å². The average Bonchev–Trinajstić information content (AvgIpc) is 2.48. The summed E-state index contributed by atoms with van der Waals surface area (Å²) in [5.41, 5.74) is 2.17. The Bertz CT molecular complexity index is 627. The minimum absolute atomic E-state index is 0.128. The molecular weight excluding hydrogens is 382 g/mol. The molecule has 2 nitrogen and oxygen atoms in total. The van der Waals surface area contributed by atoms with Crippen LogP contribution in [0, 0.1) is 0 Å². The van der Waals surface area contributed by atoms with Crippen molar-refractivity contribution in [2.75, 3.05) is 6.54 Å². The second kappa shape index (κ2) is 5.34. The zero-order valence-electron chi connectivity index (χ0n) is 10.7. The van der Waals surface area contributed by atoms with Crippen LogP contribution in [0.3, 0.4) is 0 Å². The van der Waals surface area contributed by atoms with E-state index in [4.69, 9.17) is 0 Å². The molecule has 1 amide bonds. The van der Waals surface area contributed by atoms with E-state index in [1.54, 1.807) is 0 Å². The number of β-lactam (4-membered cyclic amide) rings is 1. The molecule has 0 radical (unpaired) electrons. The van der Waals surface area contributed by atoms with Gasteiger partial charge in [0.15, 0.2) is 0 Å². The zero-order chi connectivity index (χ0) is 14.2. The lowest BCUT2D eigenvalue weighted by Crippen LogP contribution is -2.60. The van der Waals surface area contributed by atoms with Gasteiger partial charge in [0.2, 0.25) is 5.91 Å². The van der Waals surface area contributed by atoms with Gasteiger partial charge in [-0.2, -0.15) is 0 Å². The molecule has 102 valence electrons. The molecular formula is C16H13Br2NO. The Hall–Kier alpha value is -1.13. The number of carbonyl (C=O) groups excluding carboxylic acids is 1. The molecule has 0 N–H and O–H groups in total. The van der Waals surface area contributed by atoms with Crippen molar-refractivity contribution in [3.8, 4) is 0 Å². The first-order valence-electron chi connectivity index (χ1n) is 6.38. The normalized spacial score (nSPS) is 21.7. The van der Waals surface area contributed by atoms with E-state index in [0.29, 0.717) is 13.1 Å². The van der Waals surface area contributed by atoms with Crippen LogP contribution in [0.2, 0.25) is 0 Å². The summed E-state index contributed by atoms with van der Waals surface area (Å²) < 4.78 is 0.466. The largest absolute Gasteiger partial charge is 0.335 e. The summed E-state index contributed by atoms with van der Waals surface area (Å²) in [7, 11) is 0. The van der Waals surface area contributed by atoms with Crippen molar-refractivity contribution in [2.24, 2.45) is 0 Å². The smallest absolute Gasteiger partial charge is 0.246 e. The van der Waals surface area contributed by atoms with Crippen molar-refractivity contribution in [2.45, 2.75) is 10.9 Å². The number of likely N-dealkylation sites (tertiary alicyclic amines) is 1. The van der Waals surface area contributed by atoms with Gasteiger partial charge in [0, 0.05) is 17.6 Å². The maximum atomic E-state index is 12.4. The lowest BCUT2D eigenvalue weighted by atomic mass is 9.89. The van der Waals surface area contributed by atoms with Crippen molar-refractivity contribution in [1.82, 2.24) is 4.90 Å². The van der Waals surface area contributed by atoms with E-state index >= 15 is 0 Å². The Morgan fingerprint density at radius 2 is 1.70 bits per heavy atom. The van der Waals surface area contributed by atoms with Crippen molar-refractivity contribution in [3.05, 3.63) is 70.2 Å². The van der Waals surface area contributed by atoms with Crippen molar-refractivity contribution < 1.29 is 4.79 Å². The van der Waals surface area contributed by atoms with Gasteiger partial charge in [0.05, 0.1) is 0 Å². The first kappa shape index (κ1) is 13.8. The first-order chi connectivity index (χ1) is 9.59. The number of rotatable bonds is 3. The molecule has 3 rings (SSSR count). The molecule has 1 atom stereocenters. The predicted octanol–water partition coefficient (Wildman–Crippen LogP) is 4.08. The first-order valence-corrected chi connectivity index (χ1v) is 7.96. The Morgan fingerprint density at radius 3 is 2.30 bits per heavy atom. The van der Waals surface area contributed by atoms with Gasteiger partial charge >= 0.3 is 0 Å². The lowest BCUT2D eigenvalue weighted by molar-refractivity contribution is -0.145. The highest BCUT2D eigenvalue weighted by Crippen LogP contribution is 2.42. The Balaban J connectivity index is 1.74. The number of carbonyl (C=O) groups is 1. The highest BCUT2D eigenvalue weighted by atomic mass is 79.9. The van der Waals surface area contributed by atoms with Crippen LogP contribution in [-0.4, -0.2) is 17.4 Å². The maximum Gasteiger partial charge on any atom is 0.246 e. The predicted molar refractivity (Wildman–Crippen MR) is 86.6 cm³/mol. The third kappa shape index (κ3) is 2.42. The second-order valence-corrected chi connectivity index (χ2v) is 7.22. The zero-order valence-corrected chi connectivity index (χ0v) is 13.9. The van der Waals surface area contributed by atoms with Crippen LogP contribution in [0.15, 0.2) is 59.1 Å². The van der Waals surface area contributed by atoms with Gasteiger partial charge in [-0.05, 0) is 23.3 Å². The van der Waals surface area contributed by atoms with E-state index in [1.165, 1.54) is 0 Å².